The Bertz CT molecular complexity index is 1320. The maximum Gasteiger partial charge on any atom is 0.262 e. The van der Waals surface area contributed by atoms with Crippen molar-refractivity contribution >= 4 is 41.2 Å². The number of hydrogen-bond acceptors (Lipinski definition) is 5. The minimum atomic E-state index is -0.852. The van der Waals surface area contributed by atoms with Gasteiger partial charge in [-0.25, -0.2) is 5.43 Å². The molecule has 7 nitrogen and oxygen atoms in total. The van der Waals surface area contributed by atoms with Crippen molar-refractivity contribution in [3.05, 3.63) is 99.0 Å². The Balaban J connectivity index is 1.66. The molecular weight excluding hydrogens is 499 g/mol. The van der Waals surface area contributed by atoms with E-state index in [0.29, 0.717) is 21.9 Å². The first-order valence-electron chi connectivity index (χ1n) is 11.1. The summed E-state index contributed by atoms with van der Waals surface area (Å²) in [7, 11) is 0. The maximum absolute atomic E-state index is 12.8. The van der Waals surface area contributed by atoms with E-state index >= 15 is 0 Å². The van der Waals surface area contributed by atoms with Gasteiger partial charge in [-0.3, -0.25) is 9.59 Å². The third-order valence-corrected chi connectivity index (χ3v) is 5.78. The Morgan fingerprint density at radius 1 is 1.08 bits per heavy atom. The van der Waals surface area contributed by atoms with Crippen molar-refractivity contribution in [2.75, 3.05) is 0 Å². The molecule has 0 spiro atoms. The number of para-hydroxylation sites is 1. The van der Waals surface area contributed by atoms with E-state index in [2.05, 4.69) is 21.9 Å². The molecule has 0 saturated heterocycles. The van der Waals surface area contributed by atoms with Crippen LogP contribution in [0.15, 0.2) is 71.8 Å². The quantitative estimate of drug-likeness (QED) is 0.292. The molecule has 0 aromatic heterocycles. The lowest BCUT2D eigenvalue weighted by atomic mass is 10.0. The monoisotopic (exact) mass is 522 g/mol. The lowest BCUT2D eigenvalue weighted by molar-refractivity contribution is -0.123. The second-order valence-electron chi connectivity index (χ2n) is 8.15. The molecule has 0 aliphatic heterocycles. The van der Waals surface area contributed by atoms with Crippen LogP contribution >= 0.6 is 23.2 Å². The molecular formula is C27H24Cl2N4O3. The highest BCUT2D eigenvalue weighted by Crippen LogP contribution is 2.21. The van der Waals surface area contributed by atoms with Crippen LogP contribution in [-0.4, -0.2) is 24.1 Å². The molecule has 0 heterocycles. The second kappa shape index (κ2) is 12.7. The fourth-order valence-electron chi connectivity index (χ4n) is 3.29. The van der Waals surface area contributed by atoms with E-state index in [-0.39, 0.29) is 23.1 Å². The lowest BCUT2D eigenvalue weighted by Crippen LogP contribution is -2.48. The fourth-order valence-corrected chi connectivity index (χ4v) is 3.79. The van der Waals surface area contributed by atoms with Crippen LogP contribution in [0.25, 0.3) is 0 Å². The molecule has 184 valence electrons. The van der Waals surface area contributed by atoms with Crippen molar-refractivity contribution in [2.45, 2.75) is 26.5 Å². The van der Waals surface area contributed by atoms with Crippen LogP contribution in [0.1, 0.15) is 40.9 Å². The highest BCUT2D eigenvalue weighted by molar-refractivity contribution is 6.36. The van der Waals surface area contributed by atoms with Crippen molar-refractivity contribution in [3.63, 3.8) is 0 Å². The largest absolute Gasteiger partial charge is 0.488 e. The summed E-state index contributed by atoms with van der Waals surface area (Å²) in [4.78, 5) is 25.5. The number of benzene rings is 3. The molecule has 3 rings (SSSR count). The Morgan fingerprint density at radius 3 is 2.53 bits per heavy atom. The van der Waals surface area contributed by atoms with Gasteiger partial charge in [0.1, 0.15) is 18.4 Å². The van der Waals surface area contributed by atoms with Crippen molar-refractivity contribution in [2.24, 2.45) is 11.0 Å². The van der Waals surface area contributed by atoms with Gasteiger partial charge in [-0.2, -0.15) is 10.4 Å². The van der Waals surface area contributed by atoms with Crippen molar-refractivity contribution in [1.82, 2.24) is 10.7 Å². The van der Waals surface area contributed by atoms with Crippen LogP contribution in [0.5, 0.6) is 5.75 Å². The van der Waals surface area contributed by atoms with Crippen molar-refractivity contribution in [3.8, 4) is 11.8 Å². The van der Waals surface area contributed by atoms with Crippen molar-refractivity contribution in [1.29, 1.82) is 5.26 Å². The Hall–Kier alpha value is -3.86. The van der Waals surface area contributed by atoms with E-state index in [1.165, 1.54) is 18.3 Å². The van der Waals surface area contributed by atoms with Gasteiger partial charge in [0, 0.05) is 16.1 Å². The summed E-state index contributed by atoms with van der Waals surface area (Å²) in [5.74, 6) is -0.660. The van der Waals surface area contributed by atoms with Gasteiger partial charge in [0.15, 0.2) is 0 Å². The first kappa shape index (κ1) is 26.7. The predicted molar refractivity (Wildman–Crippen MR) is 140 cm³/mol. The minimum absolute atomic E-state index is 0.190. The zero-order valence-electron chi connectivity index (χ0n) is 19.7. The topological polar surface area (TPSA) is 104 Å². The summed E-state index contributed by atoms with van der Waals surface area (Å²) in [5.41, 5.74) is 4.62. The number of hydrazone groups is 1. The molecule has 0 saturated carbocycles. The molecule has 3 aromatic carbocycles. The number of amides is 2. The van der Waals surface area contributed by atoms with E-state index in [9.17, 15) is 14.9 Å². The number of nitriles is 1. The lowest BCUT2D eigenvalue weighted by Gasteiger charge is -2.20. The Morgan fingerprint density at radius 2 is 1.81 bits per heavy atom. The van der Waals surface area contributed by atoms with Crippen LogP contribution in [0.2, 0.25) is 10.0 Å². The van der Waals surface area contributed by atoms with E-state index in [1.807, 2.05) is 24.3 Å². The predicted octanol–water partition coefficient (Wildman–Crippen LogP) is 5.35. The van der Waals surface area contributed by atoms with E-state index in [0.717, 1.165) is 5.56 Å². The number of rotatable bonds is 9. The first-order valence-corrected chi connectivity index (χ1v) is 11.8. The molecule has 0 radical (unpaired) electrons. The van der Waals surface area contributed by atoms with E-state index in [4.69, 9.17) is 27.9 Å². The molecule has 36 heavy (non-hydrogen) atoms. The maximum atomic E-state index is 12.8. The number of hydrogen-bond donors (Lipinski definition) is 2. The second-order valence-corrected chi connectivity index (χ2v) is 8.99. The fraction of sp³-hybridized carbons (Fsp3) is 0.185. The highest BCUT2D eigenvalue weighted by atomic mass is 35.5. The van der Waals surface area contributed by atoms with Crippen LogP contribution in [-0.2, 0) is 11.4 Å². The average Bonchev–Trinajstić information content (AvgIpc) is 2.86. The van der Waals surface area contributed by atoms with Crippen LogP contribution in [0, 0.1) is 17.2 Å². The number of halogens is 2. The molecule has 0 bridgehead atoms. The van der Waals surface area contributed by atoms with Gasteiger partial charge in [0.25, 0.3) is 11.8 Å². The highest BCUT2D eigenvalue weighted by Gasteiger charge is 2.25. The summed E-state index contributed by atoms with van der Waals surface area (Å²) >= 11 is 12.0. The van der Waals surface area contributed by atoms with Crippen LogP contribution in [0.4, 0.5) is 0 Å². The zero-order valence-corrected chi connectivity index (χ0v) is 21.2. The van der Waals surface area contributed by atoms with Gasteiger partial charge in [-0.1, -0.05) is 67.4 Å². The summed E-state index contributed by atoms with van der Waals surface area (Å²) < 4.78 is 5.90. The standard InChI is InChI=1S/C27H24Cl2N4O3/c1-17(2)25(32-26(34)22-12-11-21(28)13-23(22)29)27(35)33-31-15-19-8-5-6-10-24(19)36-16-20-9-4-3-7-18(20)14-30/h3-13,15,17,25H,16H2,1-2H3,(H,32,34)(H,33,35). The molecule has 2 N–H and O–H groups in total. The van der Waals surface area contributed by atoms with Crippen LogP contribution < -0.4 is 15.5 Å². The molecule has 2 amide bonds. The summed E-state index contributed by atoms with van der Waals surface area (Å²) in [6.45, 7) is 3.81. The normalized spacial score (nSPS) is 11.7. The van der Waals surface area contributed by atoms with Gasteiger partial charge in [-0.15, -0.1) is 0 Å². The Kier molecular flexibility index (Phi) is 9.46. The summed E-state index contributed by atoms with van der Waals surface area (Å²) in [6.07, 6.45) is 1.46. The SMILES string of the molecule is CC(C)C(NC(=O)c1ccc(Cl)cc1Cl)C(=O)NN=Cc1ccccc1OCc1ccccc1C#N. The smallest absolute Gasteiger partial charge is 0.262 e. The summed E-state index contributed by atoms with van der Waals surface area (Å²) in [5, 5.41) is 16.6. The molecule has 1 atom stereocenters. The molecule has 1 unspecified atom stereocenters. The third kappa shape index (κ3) is 7.08. The number of nitrogens with one attached hydrogen (secondary N) is 2. The molecule has 3 aromatic rings. The van der Waals surface area contributed by atoms with Gasteiger partial charge in [-0.05, 0) is 42.3 Å². The van der Waals surface area contributed by atoms with Gasteiger partial charge in [0.05, 0.1) is 28.4 Å². The van der Waals surface area contributed by atoms with Gasteiger partial charge in [0.2, 0.25) is 0 Å². The minimum Gasteiger partial charge on any atom is -0.488 e. The number of carbonyl (C=O) groups excluding carboxylic acids is 2. The summed E-state index contributed by atoms with van der Waals surface area (Å²) in [6, 6.07) is 20.2. The van der Waals surface area contributed by atoms with E-state index < -0.39 is 17.9 Å². The first-order chi connectivity index (χ1) is 17.3. The number of carbonyl (C=O) groups is 2. The van der Waals surface area contributed by atoms with Gasteiger partial charge < -0.3 is 10.1 Å². The molecule has 0 fully saturated rings. The molecule has 0 aliphatic rings. The number of nitrogens with zero attached hydrogens (tertiary/aromatic N) is 2. The van der Waals surface area contributed by atoms with Crippen LogP contribution in [0.3, 0.4) is 0 Å². The third-order valence-electron chi connectivity index (χ3n) is 5.23. The Labute approximate surface area is 219 Å². The molecule has 0 aliphatic carbocycles. The average molecular weight is 523 g/mol. The van der Waals surface area contributed by atoms with E-state index in [1.54, 1.807) is 44.2 Å². The van der Waals surface area contributed by atoms with Gasteiger partial charge >= 0.3 is 0 Å². The number of ether oxygens (including phenoxy) is 1. The molecule has 9 heteroatoms. The van der Waals surface area contributed by atoms with Crippen molar-refractivity contribution < 1.29 is 14.3 Å². The zero-order chi connectivity index (χ0) is 26.1.